The molecule has 0 amide bonds. The zero-order valence-electron chi connectivity index (χ0n) is 17.8. The van der Waals surface area contributed by atoms with Gasteiger partial charge in [0, 0.05) is 18.9 Å². The van der Waals surface area contributed by atoms with Gasteiger partial charge in [0.2, 0.25) is 0 Å². The third-order valence-corrected chi connectivity index (χ3v) is 6.37. The number of fused-ring (bicyclic) bond motifs is 2. The number of aromatic amines is 1. The van der Waals surface area contributed by atoms with Gasteiger partial charge in [0.05, 0.1) is 27.7 Å². The number of hydrogen-bond acceptors (Lipinski definition) is 6. The van der Waals surface area contributed by atoms with Gasteiger partial charge in [0.25, 0.3) is 5.56 Å². The minimum absolute atomic E-state index is 0. The first kappa shape index (κ1) is 22.0. The molecule has 170 valence electrons. The quantitative estimate of drug-likeness (QED) is 0.413. The Bertz CT molecular complexity index is 1620. The van der Waals surface area contributed by atoms with E-state index >= 15 is 0 Å². The van der Waals surface area contributed by atoms with E-state index in [4.69, 9.17) is 16.7 Å². The number of nitriles is 1. The van der Waals surface area contributed by atoms with Crippen molar-refractivity contribution in [3.05, 3.63) is 81.9 Å². The average molecular weight is 491 g/mol. The predicted molar refractivity (Wildman–Crippen MR) is 134 cm³/mol. The lowest BCUT2D eigenvalue weighted by Crippen LogP contribution is -2.33. The van der Waals surface area contributed by atoms with Crippen molar-refractivity contribution in [2.75, 3.05) is 11.4 Å². The van der Waals surface area contributed by atoms with Crippen LogP contribution in [0.4, 0.5) is 5.82 Å². The van der Waals surface area contributed by atoms with E-state index in [1.54, 1.807) is 27.5 Å². The molecule has 0 bridgehead atoms. The maximum absolute atomic E-state index is 13.6. The molecule has 5 aromatic rings. The van der Waals surface area contributed by atoms with Crippen LogP contribution in [-0.2, 0) is 0 Å². The second kappa shape index (κ2) is 8.52. The highest BCUT2D eigenvalue weighted by atomic mass is 35.5. The number of nitrogens with zero attached hydrogens (tertiary/aromatic N) is 7. The lowest BCUT2D eigenvalue weighted by Gasteiger charge is -2.27. The molecule has 1 fully saturated rings. The van der Waals surface area contributed by atoms with Gasteiger partial charge in [-0.3, -0.25) is 9.36 Å². The van der Waals surface area contributed by atoms with Crippen molar-refractivity contribution in [2.45, 2.75) is 18.9 Å². The summed E-state index contributed by atoms with van der Waals surface area (Å²) in [6, 6.07) is 13.1. The second-order valence-corrected chi connectivity index (χ2v) is 8.28. The van der Waals surface area contributed by atoms with Crippen molar-refractivity contribution in [1.29, 1.82) is 5.26 Å². The van der Waals surface area contributed by atoms with Crippen molar-refractivity contribution in [3.63, 3.8) is 0 Å². The second-order valence-electron chi connectivity index (χ2n) is 7.88. The normalized spacial score (nSPS) is 15.5. The minimum atomic E-state index is -0.236. The maximum Gasteiger partial charge on any atom is 0.284 e. The van der Waals surface area contributed by atoms with E-state index < -0.39 is 0 Å². The van der Waals surface area contributed by atoms with Gasteiger partial charge >= 0.3 is 0 Å². The van der Waals surface area contributed by atoms with Gasteiger partial charge in [-0.2, -0.15) is 23.9 Å². The zero-order valence-corrected chi connectivity index (χ0v) is 19.6. The molecule has 4 aromatic heterocycles. The average Bonchev–Trinajstić information content (AvgIpc) is 3.57. The van der Waals surface area contributed by atoms with Crippen molar-refractivity contribution >= 4 is 47.5 Å². The van der Waals surface area contributed by atoms with Crippen molar-refractivity contribution in [1.82, 2.24) is 29.1 Å². The number of nitrogens with one attached hydrogen (secondary N) is 1. The van der Waals surface area contributed by atoms with Gasteiger partial charge < -0.3 is 9.88 Å². The van der Waals surface area contributed by atoms with Gasteiger partial charge in [-0.25, -0.2) is 14.5 Å². The highest BCUT2D eigenvalue weighted by Crippen LogP contribution is 2.38. The van der Waals surface area contributed by atoms with Crippen LogP contribution in [0, 0.1) is 11.3 Å². The van der Waals surface area contributed by atoms with E-state index in [1.165, 1.54) is 6.33 Å². The third kappa shape index (κ3) is 3.24. The van der Waals surface area contributed by atoms with Crippen LogP contribution in [0.2, 0.25) is 5.02 Å². The van der Waals surface area contributed by atoms with Crippen LogP contribution in [0.3, 0.4) is 0 Å². The van der Waals surface area contributed by atoms with Crippen molar-refractivity contribution < 1.29 is 0 Å². The lowest BCUT2D eigenvalue weighted by atomic mass is 10.1. The molecule has 0 radical (unpaired) electrons. The molecule has 0 spiro atoms. The molecule has 11 heteroatoms. The van der Waals surface area contributed by atoms with E-state index in [0.717, 1.165) is 12.8 Å². The number of halogens is 1. The standard InChI is InChI=1S/C23H17ClN8O.H2S/c24-16-8-10-31-19(16)23(33)32(15-5-2-1-3-6-15)21(29-31)17-7-4-9-30(17)22-18-14(11-25)12-26-20(18)27-13-28-22;/h1-3,5-6,8,10,12-13,17H,4,7,9H2,(H,26,27,28);1H2/t17-;/m0./s1. The maximum atomic E-state index is 13.6. The van der Waals surface area contributed by atoms with Crippen LogP contribution in [-0.4, -0.2) is 35.7 Å². The molecular formula is C23H19ClN8OS. The Morgan fingerprint density at radius 3 is 2.79 bits per heavy atom. The third-order valence-electron chi connectivity index (χ3n) is 6.07. The molecule has 1 aliphatic heterocycles. The number of benzene rings is 1. The van der Waals surface area contributed by atoms with Crippen molar-refractivity contribution in [2.24, 2.45) is 0 Å². The number of anilines is 1. The predicted octanol–water partition coefficient (Wildman–Crippen LogP) is 3.74. The van der Waals surface area contributed by atoms with Gasteiger partial charge in [-0.1, -0.05) is 29.8 Å². The Labute approximate surface area is 205 Å². The summed E-state index contributed by atoms with van der Waals surface area (Å²) in [4.78, 5) is 27.6. The first-order chi connectivity index (χ1) is 16.2. The Hall–Kier alpha value is -3.81. The first-order valence-electron chi connectivity index (χ1n) is 10.5. The molecule has 9 nitrogen and oxygen atoms in total. The summed E-state index contributed by atoms with van der Waals surface area (Å²) < 4.78 is 3.17. The van der Waals surface area contributed by atoms with Crippen LogP contribution >= 0.6 is 25.1 Å². The number of rotatable bonds is 3. The highest BCUT2D eigenvalue weighted by molar-refractivity contribution is 7.59. The molecule has 1 saturated heterocycles. The van der Waals surface area contributed by atoms with Crippen LogP contribution in [0.1, 0.15) is 30.3 Å². The molecule has 0 saturated carbocycles. The molecule has 6 rings (SSSR count). The lowest BCUT2D eigenvalue weighted by molar-refractivity contribution is 0.602. The number of hydrogen-bond donors (Lipinski definition) is 1. The summed E-state index contributed by atoms with van der Waals surface area (Å²) in [5.41, 5.74) is 1.88. The Morgan fingerprint density at radius 2 is 2.00 bits per heavy atom. The van der Waals surface area contributed by atoms with Crippen LogP contribution in [0.25, 0.3) is 22.2 Å². The summed E-state index contributed by atoms with van der Waals surface area (Å²) in [6.45, 7) is 0.710. The molecule has 0 aliphatic carbocycles. The SMILES string of the molecule is N#Cc1c[nH]c2ncnc(N3CCC[C@H]3c3nn4ccc(Cl)c4c(=O)n3-c3ccccc3)c12.S. The molecule has 1 N–H and O–H groups in total. The molecular weight excluding hydrogens is 472 g/mol. The summed E-state index contributed by atoms with van der Waals surface area (Å²) in [7, 11) is 0. The molecule has 1 atom stereocenters. The Morgan fingerprint density at radius 1 is 1.18 bits per heavy atom. The number of para-hydroxylation sites is 1. The van der Waals surface area contributed by atoms with E-state index in [-0.39, 0.29) is 25.1 Å². The summed E-state index contributed by atoms with van der Waals surface area (Å²) in [6.07, 6.45) is 6.48. The van der Waals surface area contributed by atoms with E-state index in [9.17, 15) is 10.1 Å². The van der Waals surface area contributed by atoms with Crippen LogP contribution in [0.5, 0.6) is 0 Å². The molecule has 34 heavy (non-hydrogen) atoms. The highest BCUT2D eigenvalue weighted by Gasteiger charge is 2.34. The summed E-state index contributed by atoms with van der Waals surface area (Å²) >= 11 is 6.32. The van der Waals surface area contributed by atoms with Crippen LogP contribution in [0.15, 0.2) is 59.9 Å². The van der Waals surface area contributed by atoms with Crippen LogP contribution < -0.4 is 10.5 Å². The van der Waals surface area contributed by atoms with Gasteiger partial charge in [0.15, 0.2) is 5.82 Å². The monoisotopic (exact) mass is 490 g/mol. The van der Waals surface area contributed by atoms with E-state index in [1.807, 2.05) is 30.3 Å². The fourth-order valence-electron chi connectivity index (χ4n) is 4.63. The first-order valence-corrected chi connectivity index (χ1v) is 10.9. The molecule has 1 aromatic carbocycles. The fraction of sp³-hybridized carbons (Fsp3) is 0.174. The largest absolute Gasteiger partial charge is 0.346 e. The van der Waals surface area contributed by atoms with E-state index in [2.05, 4.69) is 25.9 Å². The van der Waals surface area contributed by atoms with E-state index in [0.29, 0.717) is 51.0 Å². The van der Waals surface area contributed by atoms with Gasteiger partial charge in [0.1, 0.15) is 29.4 Å². The molecule has 5 heterocycles. The topological polar surface area (TPSA) is 108 Å². The van der Waals surface area contributed by atoms with Crippen molar-refractivity contribution in [3.8, 4) is 11.8 Å². The minimum Gasteiger partial charge on any atom is -0.346 e. The Kier molecular flexibility index (Phi) is 5.51. The summed E-state index contributed by atoms with van der Waals surface area (Å²) in [5, 5.41) is 15.5. The number of H-pyrrole nitrogens is 1. The smallest absolute Gasteiger partial charge is 0.284 e. The summed E-state index contributed by atoms with van der Waals surface area (Å²) in [5.74, 6) is 1.24. The zero-order chi connectivity index (χ0) is 22.5. The fourth-order valence-corrected chi connectivity index (χ4v) is 4.85. The number of aromatic nitrogens is 6. The molecule has 1 aliphatic rings. The van der Waals surface area contributed by atoms with Gasteiger partial charge in [-0.05, 0) is 31.0 Å². The van der Waals surface area contributed by atoms with Gasteiger partial charge in [-0.15, -0.1) is 0 Å². The molecule has 0 unspecified atom stereocenters. The Balaban J connectivity index is 0.00000241.